The number of H-pyrrole nitrogens is 1. The summed E-state index contributed by atoms with van der Waals surface area (Å²) in [5, 5.41) is 5.12. The Kier molecular flexibility index (Phi) is 4.57. The molecule has 0 aliphatic heterocycles. The first-order valence-electron chi connectivity index (χ1n) is 8.17. The lowest BCUT2D eigenvalue weighted by Crippen LogP contribution is -2.15. The van der Waals surface area contributed by atoms with Gasteiger partial charge in [-0.05, 0) is 36.8 Å². The normalized spacial score (nSPS) is 11.2. The van der Waals surface area contributed by atoms with Gasteiger partial charge in [-0.3, -0.25) is 4.79 Å². The number of nitrogens with one attached hydrogen (secondary N) is 1. The average molecular weight is 382 g/mol. The standard InChI is InChI=1S/C20H16ClN3OS/c1-13-19(14-5-3-2-4-6-14)20-22-16(11-18(25)24(20)23-13)12-26-17-9-7-15(21)8-10-17/h2-11,22H,12H2,1H3. The molecule has 0 fully saturated rings. The number of halogens is 1. The van der Waals surface area contributed by atoms with E-state index in [9.17, 15) is 4.79 Å². The number of hydrogen-bond acceptors (Lipinski definition) is 3. The van der Waals surface area contributed by atoms with Crippen molar-refractivity contribution in [2.24, 2.45) is 0 Å². The smallest absolute Gasteiger partial charge is 0.274 e. The molecule has 0 radical (unpaired) electrons. The lowest BCUT2D eigenvalue weighted by molar-refractivity contribution is 0.872. The van der Waals surface area contributed by atoms with Crippen molar-refractivity contribution in [3.8, 4) is 11.1 Å². The summed E-state index contributed by atoms with van der Waals surface area (Å²) in [4.78, 5) is 17.0. The summed E-state index contributed by atoms with van der Waals surface area (Å²) in [6, 6.07) is 19.3. The molecular formula is C20H16ClN3OS. The minimum absolute atomic E-state index is 0.129. The Morgan fingerprint density at radius 1 is 1.12 bits per heavy atom. The van der Waals surface area contributed by atoms with Gasteiger partial charge in [-0.2, -0.15) is 9.61 Å². The summed E-state index contributed by atoms with van der Waals surface area (Å²) >= 11 is 7.58. The molecule has 4 rings (SSSR count). The molecule has 2 aromatic heterocycles. The van der Waals surface area contributed by atoms with Gasteiger partial charge in [0, 0.05) is 33.0 Å². The molecule has 6 heteroatoms. The number of thioether (sulfide) groups is 1. The minimum Gasteiger partial charge on any atom is -0.342 e. The van der Waals surface area contributed by atoms with Crippen molar-refractivity contribution in [3.05, 3.63) is 87.4 Å². The van der Waals surface area contributed by atoms with Crippen LogP contribution in [0, 0.1) is 6.92 Å². The Morgan fingerprint density at radius 2 is 1.85 bits per heavy atom. The number of aryl methyl sites for hydroxylation is 1. The van der Waals surface area contributed by atoms with Gasteiger partial charge in [0.1, 0.15) is 5.65 Å². The third-order valence-corrected chi connectivity index (χ3v) is 5.43. The third-order valence-electron chi connectivity index (χ3n) is 4.12. The quantitative estimate of drug-likeness (QED) is 0.509. The van der Waals surface area contributed by atoms with E-state index in [-0.39, 0.29) is 5.56 Å². The highest BCUT2D eigenvalue weighted by molar-refractivity contribution is 7.98. The van der Waals surface area contributed by atoms with Crippen molar-refractivity contribution in [3.63, 3.8) is 0 Å². The number of fused-ring (bicyclic) bond motifs is 1. The van der Waals surface area contributed by atoms with Gasteiger partial charge in [0.2, 0.25) is 0 Å². The summed E-state index contributed by atoms with van der Waals surface area (Å²) in [5.74, 6) is 0.659. The molecule has 0 amide bonds. The lowest BCUT2D eigenvalue weighted by Gasteiger charge is -2.05. The molecule has 2 heterocycles. The molecular weight excluding hydrogens is 366 g/mol. The highest BCUT2D eigenvalue weighted by atomic mass is 35.5. The molecule has 0 saturated carbocycles. The maximum atomic E-state index is 12.5. The largest absolute Gasteiger partial charge is 0.342 e. The molecule has 130 valence electrons. The van der Waals surface area contributed by atoms with Crippen LogP contribution in [0.1, 0.15) is 11.4 Å². The number of hydrogen-bond donors (Lipinski definition) is 1. The molecule has 0 aliphatic rings. The average Bonchev–Trinajstić information content (AvgIpc) is 2.98. The highest BCUT2D eigenvalue weighted by Crippen LogP contribution is 2.27. The predicted molar refractivity (Wildman–Crippen MR) is 107 cm³/mol. The van der Waals surface area contributed by atoms with E-state index in [1.807, 2.05) is 61.5 Å². The Labute approximate surface area is 159 Å². The fourth-order valence-electron chi connectivity index (χ4n) is 2.92. The van der Waals surface area contributed by atoms with Crippen LogP contribution in [0.15, 0.2) is 70.4 Å². The van der Waals surface area contributed by atoms with E-state index in [2.05, 4.69) is 10.1 Å². The van der Waals surface area contributed by atoms with E-state index in [0.717, 1.165) is 33.1 Å². The number of aromatic amines is 1. The van der Waals surface area contributed by atoms with Gasteiger partial charge in [-0.25, -0.2) is 0 Å². The summed E-state index contributed by atoms with van der Waals surface area (Å²) in [6.45, 7) is 1.92. The van der Waals surface area contributed by atoms with Crippen LogP contribution >= 0.6 is 23.4 Å². The van der Waals surface area contributed by atoms with Crippen LogP contribution in [0.5, 0.6) is 0 Å². The number of aromatic nitrogens is 3. The maximum Gasteiger partial charge on any atom is 0.274 e. The van der Waals surface area contributed by atoms with Crippen LogP contribution in [-0.2, 0) is 5.75 Å². The zero-order chi connectivity index (χ0) is 18.1. The summed E-state index contributed by atoms with van der Waals surface area (Å²) < 4.78 is 1.44. The second-order valence-corrected chi connectivity index (χ2v) is 7.45. The Balaban J connectivity index is 1.73. The molecule has 0 aliphatic carbocycles. The van der Waals surface area contributed by atoms with Crippen molar-refractivity contribution in [1.82, 2.24) is 14.6 Å². The number of nitrogens with zero attached hydrogens (tertiary/aromatic N) is 2. The molecule has 2 aromatic carbocycles. The van der Waals surface area contributed by atoms with Gasteiger partial charge in [-0.1, -0.05) is 41.9 Å². The third kappa shape index (κ3) is 3.28. The SMILES string of the molecule is Cc1nn2c(=O)cc(CSc3ccc(Cl)cc3)[nH]c2c1-c1ccccc1. The van der Waals surface area contributed by atoms with E-state index in [0.29, 0.717) is 10.8 Å². The van der Waals surface area contributed by atoms with Crippen LogP contribution in [0.25, 0.3) is 16.8 Å². The number of benzene rings is 2. The topological polar surface area (TPSA) is 50.2 Å². The van der Waals surface area contributed by atoms with Crippen LogP contribution in [0.2, 0.25) is 5.02 Å². The molecule has 26 heavy (non-hydrogen) atoms. The van der Waals surface area contributed by atoms with Gasteiger partial charge in [0.15, 0.2) is 0 Å². The van der Waals surface area contributed by atoms with E-state index in [4.69, 9.17) is 11.6 Å². The van der Waals surface area contributed by atoms with Gasteiger partial charge in [-0.15, -0.1) is 11.8 Å². The molecule has 0 bridgehead atoms. The zero-order valence-electron chi connectivity index (χ0n) is 14.1. The second-order valence-electron chi connectivity index (χ2n) is 5.96. The maximum absolute atomic E-state index is 12.5. The van der Waals surface area contributed by atoms with Crippen molar-refractivity contribution in [2.45, 2.75) is 17.6 Å². The van der Waals surface area contributed by atoms with Crippen LogP contribution in [-0.4, -0.2) is 14.6 Å². The fourth-order valence-corrected chi connectivity index (χ4v) is 3.85. The first-order chi connectivity index (χ1) is 12.6. The Morgan fingerprint density at radius 3 is 2.58 bits per heavy atom. The van der Waals surface area contributed by atoms with Gasteiger partial charge >= 0.3 is 0 Å². The van der Waals surface area contributed by atoms with Crippen LogP contribution in [0.4, 0.5) is 0 Å². The van der Waals surface area contributed by atoms with Crippen LogP contribution in [0.3, 0.4) is 0 Å². The summed E-state index contributed by atoms with van der Waals surface area (Å²) in [5.41, 5.74) is 4.29. The van der Waals surface area contributed by atoms with E-state index in [1.54, 1.807) is 17.8 Å². The fraction of sp³-hybridized carbons (Fsp3) is 0.100. The van der Waals surface area contributed by atoms with Crippen molar-refractivity contribution in [1.29, 1.82) is 0 Å². The molecule has 1 N–H and O–H groups in total. The summed E-state index contributed by atoms with van der Waals surface area (Å²) in [6.07, 6.45) is 0. The van der Waals surface area contributed by atoms with Crippen LogP contribution < -0.4 is 5.56 Å². The molecule has 0 unspecified atom stereocenters. The Hall–Kier alpha value is -2.50. The van der Waals surface area contributed by atoms with E-state index >= 15 is 0 Å². The molecule has 0 atom stereocenters. The zero-order valence-corrected chi connectivity index (χ0v) is 15.6. The number of rotatable bonds is 4. The monoisotopic (exact) mass is 381 g/mol. The Bertz CT molecular complexity index is 1120. The molecule has 0 spiro atoms. The summed E-state index contributed by atoms with van der Waals surface area (Å²) in [7, 11) is 0. The van der Waals surface area contributed by atoms with Crippen molar-refractivity contribution in [2.75, 3.05) is 0 Å². The lowest BCUT2D eigenvalue weighted by atomic mass is 10.1. The minimum atomic E-state index is -0.129. The van der Waals surface area contributed by atoms with E-state index in [1.165, 1.54) is 4.52 Å². The first kappa shape index (κ1) is 16.9. The van der Waals surface area contributed by atoms with Crippen molar-refractivity contribution < 1.29 is 0 Å². The molecule has 0 saturated heterocycles. The predicted octanol–water partition coefficient (Wildman–Crippen LogP) is 4.94. The van der Waals surface area contributed by atoms with E-state index < -0.39 is 0 Å². The first-order valence-corrected chi connectivity index (χ1v) is 9.53. The van der Waals surface area contributed by atoms with Gasteiger partial charge in [0.25, 0.3) is 5.56 Å². The molecule has 4 aromatic rings. The second kappa shape index (κ2) is 7.02. The van der Waals surface area contributed by atoms with Gasteiger partial charge < -0.3 is 4.98 Å². The van der Waals surface area contributed by atoms with Crippen molar-refractivity contribution >= 4 is 29.0 Å². The van der Waals surface area contributed by atoms with Gasteiger partial charge in [0.05, 0.1) is 5.69 Å². The molecule has 4 nitrogen and oxygen atoms in total. The highest BCUT2D eigenvalue weighted by Gasteiger charge is 2.14.